The average Bonchev–Trinajstić information content (AvgIpc) is 3.04. The van der Waals surface area contributed by atoms with Crippen LogP contribution in [0.2, 0.25) is 0 Å². The van der Waals surface area contributed by atoms with Crippen molar-refractivity contribution in [2.24, 2.45) is 0 Å². The topological polar surface area (TPSA) is 35.1 Å². The van der Waals surface area contributed by atoms with Gasteiger partial charge in [0.2, 0.25) is 0 Å². The van der Waals surface area contributed by atoms with Gasteiger partial charge in [-0.05, 0) is 29.6 Å². The van der Waals surface area contributed by atoms with Crippen LogP contribution in [-0.4, -0.2) is 26.0 Å². The minimum absolute atomic E-state index is 0.0838. The second-order valence-electron chi connectivity index (χ2n) is 4.78. The number of thiophene rings is 1. The van der Waals surface area contributed by atoms with Gasteiger partial charge < -0.3 is 14.8 Å². The van der Waals surface area contributed by atoms with Gasteiger partial charge in [-0.15, -0.1) is 11.3 Å². The molecule has 0 aliphatic rings. The third-order valence-electron chi connectivity index (χ3n) is 3.11. The molecule has 1 aromatic heterocycles. The van der Waals surface area contributed by atoms with Crippen molar-refractivity contribution in [2.45, 2.75) is 18.9 Å². The Bertz CT molecular complexity index is 579. The molecule has 0 aliphatic heterocycles. The van der Waals surface area contributed by atoms with Crippen molar-refractivity contribution in [1.82, 2.24) is 0 Å². The van der Waals surface area contributed by atoms with E-state index in [-0.39, 0.29) is 5.75 Å². The van der Waals surface area contributed by atoms with Crippen LogP contribution in [0.5, 0.6) is 11.5 Å². The first-order valence-corrected chi connectivity index (χ1v) is 9.26. The first-order valence-electron chi connectivity index (χ1n) is 7.22. The normalized spacial score (nSPS) is 11.0. The second-order valence-corrected chi connectivity index (χ2v) is 6.91. The third kappa shape index (κ3) is 6.37. The molecule has 0 unspecified atom stereocenters. The van der Waals surface area contributed by atoms with Gasteiger partial charge in [0.25, 0.3) is 0 Å². The van der Waals surface area contributed by atoms with Crippen LogP contribution >= 0.6 is 23.1 Å². The van der Waals surface area contributed by atoms with Crippen LogP contribution < -0.4 is 14.8 Å². The number of rotatable bonds is 10. The number of nitrogens with two attached hydrogens (primary N) is 1. The Hall–Kier alpha value is -1.31. The second kappa shape index (κ2) is 9.75. The van der Waals surface area contributed by atoms with Crippen molar-refractivity contribution in [3.63, 3.8) is 0 Å². The fourth-order valence-corrected chi connectivity index (χ4v) is 3.83. The van der Waals surface area contributed by atoms with Crippen molar-refractivity contribution < 1.29 is 23.6 Å². The van der Waals surface area contributed by atoms with Gasteiger partial charge in [-0.2, -0.15) is 20.5 Å². The highest BCUT2D eigenvalue weighted by Crippen LogP contribution is 2.29. The van der Waals surface area contributed by atoms with E-state index >= 15 is 0 Å². The number of quaternary nitrogens is 1. The first-order chi connectivity index (χ1) is 11.2. The molecule has 0 saturated carbocycles. The zero-order chi connectivity index (χ0) is 16.5. The quantitative estimate of drug-likeness (QED) is 0.660. The number of alkyl halides is 2. The molecule has 1 aromatic carbocycles. The molecule has 0 bridgehead atoms. The van der Waals surface area contributed by atoms with E-state index in [1.54, 1.807) is 23.5 Å². The smallest absolute Gasteiger partial charge is 0.387 e. The van der Waals surface area contributed by atoms with Crippen LogP contribution in [0.3, 0.4) is 0 Å². The number of ether oxygens (including phenoxy) is 2. The van der Waals surface area contributed by atoms with Crippen LogP contribution in [-0.2, 0) is 12.3 Å². The van der Waals surface area contributed by atoms with E-state index in [4.69, 9.17) is 4.74 Å². The Morgan fingerprint density at radius 1 is 1.26 bits per heavy atom. The maximum absolute atomic E-state index is 12.4. The Morgan fingerprint density at radius 3 is 2.83 bits per heavy atom. The minimum atomic E-state index is -2.85. The maximum Gasteiger partial charge on any atom is 0.387 e. The van der Waals surface area contributed by atoms with Crippen molar-refractivity contribution in [1.29, 1.82) is 0 Å². The first kappa shape index (κ1) is 18.0. The predicted octanol–water partition coefficient (Wildman–Crippen LogP) is 3.35. The summed E-state index contributed by atoms with van der Waals surface area (Å²) in [4.78, 5) is 1.39. The monoisotopic (exact) mass is 360 g/mol. The maximum atomic E-state index is 12.4. The summed E-state index contributed by atoms with van der Waals surface area (Å²) in [5.74, 6) is 2.50. The Kier molecular flexibility index (Phi) is 7.64. The molecule has 3 nitrogen and oxygen atoms in total. The highest BCUT2D eigenvalue weighted by Gasteiger charge is 2.11. The van der Waals surface area contributed by atoms with Gasteiger partial charge in [0.05, 0.1) is 13.7 Å². The van der Waals surface area contributed by atoms with E-state index in [0.29, 0.717) is 5.75 Å². The zero-order valence-electron chi connectivity index (χ0n) is 12.8. The molecular formula is C16H20F2NO2S2+. The molecule has 2 aromatic rings. The van der Waals surface area contributed by atoms with Gasteiger partial charge in [0, 0.05) is 21.9 Å². The fraction of sp³-hybridized carbons (Fsp3) is 0.375. The fourth-order valence-electron chi connectivity index (χ4n) is 2.04. The van der Waals surface area contributed by atoms with Gasteiger partial charge >= 0.3 is 6.61 Å². The molecule has 0 aliphatic carbocycles. The number of hydrogen-bond donors (Lipinski definition) is 1. The van der Waals surface area contributed by atoms with Crippen molar-refractivity contribution in [3.05, 3.63) is 46.2 Å². The molecule has 0 saturated heterocycles. The molecule has 0 spiro atoms. The Morgan fingerprint density at radius 2 is 2.13 bits per heavy atom. The molecule has 23 heavy (non-hydrogen) atoms. The number of thioether (sulfide) groups is 1. The van der Waals surface area contributed by atoms with E-state index in [9.17, 15) is 8.78 Å². The summed E-state index contributed by atoms with van der Waals surface area (Å²) in [6.45, 7) is -1.15. The Balaban J connectivity index is 1.72. The lowest BCUT2D eigenvalue weighted by atomic mass is 10.2. The zero-order valence-corrected chi connectivity index (χ0v) is 14.5. The molecule has 7 heteroatoms. The summed E-state index contributed by atoms with van der Waals surface area (Å²) in [5, 5.41) is 4.25. The van der Waals surface area contributed by atoms with E-state index in [0.717, 1.165) is 30.2 Å². The number of hydrogen-bond acceptors (Lipinski definition) is 4. The van der Waals surface area contributed by atoms with Gasteiger partial charge in [-0.3, -0.25) is 0 Å². The summed E-state index contributed by atoms with van der Waals surface area (Å²) in [6.07, 6.45) is 0. The van der Waals surface area contributed by atoms with Gasteiger partial charge in [-0.25, -0.2) is 0 Å². The highest BCUT2D eigenvalue weighted by atomic mass is 32.2. The Labute approximate surface area is 143 Å². The molecule has 0 atom stereocenters. The summed E-state index contributed by atoms with van der Waals surface area (Å²) in [7, 11) is 1.43. The molecule has 2 rings (SSSR count). The number of halogens is 2. The molecule has 2 N–H and O–H groups in total. The standard InChI is InChI=1S/C16H19F2NO2S2/c1-20-14-5-4-12(9-15(14)21-16(17)18)10-19-6-8-22-11-13-3-2-7-23-13/h2-5,7,9,16,19H,6,8,10-11H2,1H3/p+1. The molecular weight excluding hydrogens is 340 g/mol. The van der Waals surface area contributed by atoms with Crippen molar-refractivity contribution >= 4 is 23.1 Å². The van der Waals surface area contributed by atoms with Crippen LogP contribution in [0.25, 0.3) is 0 Å². The molecule has 0 amide bonds. The summed E-state index contributed by atoms with van der Waals surface area (Å²) in [6, 6.07) is 9.35. The van der Waals surface area contributed by atoms with E-state index in [2.05, 4.69) is 27.6 Å². The lowest BCUT2D eigenvalue weighted by molar-refractivity contribution is -0.666. The van der Waals surface area contributed by atoms with E-state index in [1.807, 2.05) is 17.8 Å². The van der Waals surface area contributed by atoms with Gasteiger partial charge in [-0.1, -0.05) is 6.07 Å². The van der Waals surface area contributed by atoms with Crippen LogP contribution in [0.1, 0.15) is 10.4 Å². The van der Waals surface area contributed by atoms with Crippen LogP contribution in [0.15, 0.2) is 35.7 Å². The van der Waals surface area contributed by atoms with Gasteiger partial charge in [0.1, 0.15) is 6.54 Å². The van der Waals surface area contributed by atoms with Crippen molar-refractivity contribution in [3.8, 4) is 11.5 Å². The minimum Gasteiger partial charge on any atom is -0.493 e. The average molecular weight is 360 g/mol. The lowest BCUT2D eigenvalue weighted by Gasteiger charge is -2.11. The highest BCUT2D eigenvalue weighted by molar-refractivity contribution is 7.98. The molecule has 0 radical (unpaired) electrons. The number of benzene rings is 1. The molecule has 0 fully saturated rings. The predicted molar refractivity (Wildman–Crippen MR) is 90.6 cm³/mol. The van der Waals surface area contributed by atoms with Crippen LogP contribution in [0.4, 0.5) is 8.78 Å². The third-order valence-corrected chi connectivity index (χ3v) is 5.21. The van der Waals surface area contributed by atoms with Crippen molar-refractivity contribution in [2.75, 3.05) is 19.4 Å². The molecule has 1 heterocycles. The summed E-state index contributed by atoms with van der Waals surface area (Å²) < 4.78 is 34.3. The number of methoxy groups -OCH3 is 1. The van der Waals surface area contributed by atoms with E-state index < -0.39 is 6.61 Å². The van der Waals surface area contributed by atoms with E-state index in [1.165, 1.54) is 12.0 Å². The largest absolute Gasteiger partial charge is 0.493 e. The lowest BCUT2D eigenvalue weighted by Crippen LogP contribution is -2.83. The summed E-state index contributed by atoms with van der Waals surface area (Å²) in [5.41, 5.74) is 0.935. The SMILES string of the molecule is COc1ccc(C[NH2+]CCSCc2cccs2)cc1OC(F)F. The van der Waals surface area contributed by atoms with Gasteiger partial charge in [0.15, 0.2) is 11.5 Å². The molecule has 126 valence electrons. The van der Waals surface area contributed by atoms with Crippen LogP contribution in [0, 0.1) is 0 Å². The summed E-state index contributed by atoms with van der Waals surface area (Å²) >= 11 is 3.67.